The maximum absolute atomic E-state index is 11.7. The minimum atomic E-state index is -0.495. The number of hydrogen-bond donors (Lipinski definition) is 1. The van der Waals surface area contributed by atoms with Gasteiger partial charge in [0.05, 0.1) is 12.7 Å². The first-order valence-corrected chi connectivity index (χ1v) is 5.80. The van der Waals surface area contributed by atoms with Crippen LogP contribution in [0.2, 0.25) is 5.02 Å². The summed E-state index contributed by atoms with van der Waals surface area (Å²) in [6.07, 6.45) is 0. The number of hydrogen-bond acceptors (Lipinski definition) is 3. The van der Waals surface area contributed by atoms with Crippen LogP contribution in [0.1, 0.15) is 10.4 Å². The number of carbonyl (C=O) groups is 2. The van der Waals surface area contributed by atoms with Crippen LogP contribution in [0.25, 0.3) is 0 Å². The number of rotatable bonds is 3. The Hall–Kier alpha value is -0.820. The van der Waals surface area contributed by atoms with Crippen molar-refractivity contribution in [1.29, 1.82) is 0 Å². The molecular formula is C10H9ClINO3. The molecule has 0 aliphatic heterocycles. The monoisotopic (exact) mass is 353 g/mol. The van der Waals surface area contributed by atoms with Gasteiger partial charge >= 0.3 is 5.97 Å². The van der Waals surface area contributed by atoms with Crippen LogP contribution >= 0.6 is 34.2 Å². The third-order valence-electron chi connectivity index (χ3n) is 1.79. The van der Waals surface area contributed by atoms with E-state index in [1.807, 2.05) is 22.6 Å². The molecule has 0 saturated carbocycles. The largest absolute Gasteiger partial charge is 0.468 e. The second-order valence-electron chi connectivity index (χ2n) is 2.88. The van der Waals surface area contributed by atoms with Crippen molar-refractivity contribution >= 4 is 46.1 Å². The Morgan fingerprint density at radius 3 is 2.81 bits per heavy atom. The molecule has 0 bridgehead atoms. The zero-order valence-corrected chi connectivity index (χ0v) is 11.3. The van der Waals surface area contributed by atoms with Gasteiger partial charge in [-0.3, -0.25) is 9.59 Å². The number of benzene rings is 1. The molecule has 0 atom stereocenters. The van der Waals surface area contributed by atoms with Crippen molar-refractivity contribution < 1.29 is 14.3 Å². The van der Waals surface area contributed by atoms with Crippen LogP contribution in [-0.4, -0.2) is 25.5 Å². The Kier molecular flexibility index (Phi) is 5.01. The molecule has 1 aromatic rings. The SMILES string of the molecule is COC(=O)CNC(=O)c1cc(Cl)ccc1I. The van der Waals surface area contributed by atoms with Gasteiger partial charge in [0.25, 0.3) is 5.91 Å². The second kappa shape index (κ2) is 6.05. The van der Waals surface area contributed by atoms with Gasteiger partial charge in [-0.1, -0.05) is 11.6 Å². The highest BCUT2D eigenvalue weighted by Gasteiger charge is 2.11. The standard InChI is InChI=1S/C10H9ClINO3/c1-16-9(14)5-13-10(15)7-4-6(11)2-3-8(7)12/h2-4H,5H2,1H3,(H,13,15). The average Bonchev–Trinajstić information content (AvgIpc) is 2.28. The highest BCUT2D eigenvalue weighted by Crippen LogP contribution is 2.17. The van der Waals surface area contributed by atoms with E-state index >= 15 is 0 Å². The third kappa shape index (κ3) is 3.64. The van der Waals surface area contributed by atoms with E-state index in [9.17, 15) is 9.59 Å². The van der Waals surface area contributed by atoms with Crippen molar-refractivity contribution in [2.24, 2.45) is 0 Å². The van der Waals surface area contributed by atoms with Crippen LogP contribution in [0.3, 0.4) is 0 Å². The molecule has 0 aliphatic rings. The van der Waals surface area contributed by atoms with Crippen LogP contribution in [0.4, 0.5) is 0 Å². The van der Waals surface area contributed by atoms with Gasteiger partial charge in [0, 0.05) is 8.59 Å². The van der Waals surface area contributed by atoms with Crippen LogP contribution < -0.4 is 5.32 Å². The zero-order valence-electron chi connectivity index (χ0n) is 8.42. The Morgan fingerprint density at radius 1 is 1.50 bits per heavy atom. The van der Waals surface area contributed by atoms with Crippen LogP contribution in [0, 0.1) is 3.57 Å². The first-order valence-electron chi connectivity index (χ1n) is 4.34. The molecule has 1 amide bonds. The molecule has 0 spiro atoms. The van der Waals surface area contributed by atoms with Gasteiger partial charge in [-0.2, -0.15) is 0 Å². The lowest BCUT2D eigenvalue weighted by atomic mass is 10.2. The summed E-state index contributed by atoms with van der Waals surface area (Å²) in [4.78, 5) is 22.5. The Bertz CT molecular complexity index is 423. The number of amides is 1. The molecule has 1 rings (SSSR count). The van der Waals surface area contributed by atoms with E-state index in [2.05, 4.69) is 10.1 Å². The Balaban J connectivity index is 2.73. The van der Waals surface area contributed by atoms with E-state index in [0.717, 1.165) is 3.57 Å². The van der Waals surface area contributed by atoms with Crippen LogP contribution in [0.15, 0.2) is 18.2 Å². The number of methoxy groups -OCH3 is 1. The molecular weight excluding hydrogens is 344 g/mol. The molecule has 0 radical (unpaired) electrons. The lowest BCUT2D eigenvalue weighted by molar-refractivity contribution is -0.139. The summed E-state index contributed by atoms with van der Waals surface area (Å²) >= 11 is 7.80. The maximum atomic E-state index is 11.7. The fraction of sp³-hybridized carbons (Fsp3) is 0.200. The number of esters is 1. The van der Waals surface area contributed by atoms with Crippen molar-refractivity contribution in [3.05, 3.63) is 32.4 Å². The number of nitrogens with one attached hydrogen (secondary N) is 1. The number of ether oxygens (including phenoxy) is 1. The van der Waals surface area contributed by atoms with Gasteiger partial charge in [-0.15, -0.1) is 0 Å². The molecule has 6 heteroatoms. The molecule has 0 fully saturated rings. The molecule has 1 aromatic carbocycles. The Morgan fingerprint density at radius 2 is 2.19 bits per heavy atom. The van der Waals surface area contributed by atoms with Gasteiger partial charge in [-0.25, -0.2) is 0 Å². The van der Waals surface area contributed by atoms with E-state index in [1.54, 1.807) is 18.2 Å². The highest BCUT2D eigenvalue weighted by molar-refractivity contribution is 14.1. The van der Waals surface area contributed by atoms with Gasteiger partial charge in [0.1, 0.15) is 6.54 Å². The summed E-state index contributed by atoms with van der Waals surface area (Å²) in [5, 5.41) is 2.92. The zero-order chi connectivity index (χ0) is 12.1. The van der Waals surface area contributed by atoms with Crippen molar-refractivity contribution in [3.8, 4) is 0 Å². The number of carbonyl (C=O) groups excluding carboxylic acids is 2. The lowest BCUT2D eigenvalue weighted by Crippen LogP contribution is -2.30. The van der Waals surface area contributed by atoms with E-state index in [1.165, 1.54) is 7.11 Å². The van der Waals surface area contributed by atoms with Crippen molar-refractivity contribution in [3.63, 3.8) is 0 Å². The molecule has 1 N–H and O–H groups in total. The molecule has 16 heavy (non-hydrogen) atoms. The predicted molar refractivity (Wildman–Crippen MR) is 68.5 cm³/mol. The van der Waals surface area contributed by atoms with E-state index in [4.69, 9.17) is 11.6 Å². The maximum Gasteiger partial charge on any atom is 0.325 e. The minimum Gasteiger partial charge on any atom is -0.468 e. The van der Waals surface area contributed by atoms with Crippen LogP contribution in [0.5, 0.6) is 0 Å². The normalized spacial score (nSPS) is 9.69. The summed E-state index contributed by atoms with van der Waals surface area (Å²) in [6, 6.07) is 4.98. The average molecular weight is 354 g/mol. The van der Waals surface area contributed by atoms with Gasteiger partial charge < -0.3 is 10.1 Å². The summed E-state index contributed by atoms with van der Waals surface area (Å²) in [5.41, 5.74) is 0.442. The first-order chi connectivity index (χ1) is 7.54. The van der Waals surface area contributed by atoms with E-state index in [0.29, 0.717) is 10.6 Å². The summed E-state index contributed by atoms with van der Waals surface area (Å²) in [6.45, 7) is -0.155. The highest BCUT2D eigenvalue weighted by atomic mass is 127. The predicted octanol–water partition coefficient (Wildman–Crippen LogP) is 1.85. The van der Waals surface area contributed by atoms with Gasteiger partial charge in [0.2, 0.25) is 0 Å². The second-order valence-corrected chi connectivity index (χ2v) is 4.48. The van der Waals surface area contributed by atoms with Gasteiger partial charge in [-0.05, 0) is 40.8 Å². The van der Waals surface area contributed by atoms with Crippen LogP contribution in [-0.2, 0) is 9.53 Å². The molecule has 0 heterocycles. The Labute approximate surface area is 111 Å². The molecule has 0 unspecified atom stereocenters. The smallest absolute Gasteiger partial charge is 0.325 e. The molecule has 4 nitrogen and oxygen atoms in total. The molecule has 0 saturated heterocycles. The fourth-order valence-electron chi connectivity index (χ4n) is 0.991. The van der Waals surface area contributed by atoms with Crippen molar-refractivity contribution in [2.45, 2.75) is 0 Å². The van der Waals surface area contributed by atoms with Crippen molar-refractivity contribution in [2.75, 3.05) is 13.7 Å². The molecule has 0 aromatic heterocycles. The first kappa shape index (κ1) is 13.2. The molecule has 0 aliphatic carbocycles. The minimum absolute atomic E-state index is 0.155. The lowest BCUT2D eigenvalue weighted by Gasteiger charge is -2.06. The third-order valence-corrected chi connectivity index (χ3v) is 2.97. The summed E-state index contributed by atoms with van der Waals surface area (Å²) in [7, 11) is 1.26. The van der Waals surface area contributed by atoms with E-state index in [-0.39, 0.29) is 12.5 Å². The van der Waals surface area contributed by atoms with E-state index < -0.39 is 5.97 Å². The fourth-order valence-corrected chi connectivity index (χ4v) is 1.74. The summed E-state index contributed by atoms with van der Waals surface area (Å²) in [5.74, 6) is -0.845. The topological polar surface area (TPSA) is 55.4 Å². The number of halogens is 2. The summed E-state index contributed by atoms with van der Waals surface area (Å²) < 4.78 is 5.18. The van der Waals surface area contributed by atoms with Crippen molar-refractivity contribution in [1.82, 2.24) is 5.32 Å². The van der Waals surface area contributed by atoms with Gasteiger partial charge in [0.15, 0.2) is 0 Å². The quantitative estimate of drug-likeness (QED) is 0.666. The molecule has 86 valence electrons.